The van der Waals surface area contributed by atoms with Gasteiger partial charge in [-0.05, 0) is 58.4 Å². The van der Waals surface area contributed by atoms with Gasteiger partial charge in [-0.3, -0.25) is 4.79 Å². The minimum atomic E-state index is -0.973. The van der Waals surface area contributed by atoms with Crippen molar-refractivity contribution in [1.82, 2.24) is 0 Å². The van der Waals surface area contributed by atoms with E-state index in [1.807, 2.05) is 31.7 Å². The molecule has 1 saturated carbocycles. The molecule has 146 valence electrons. The summed E-state index contributed by atoms with van der Waals surface area (Å²) in [5.74, 6) is 5.86. The molecule has 1 aromatic rings. The Hall–Kier alpha value is -1.80. The van der Waals surface area contributed by atoms with Crippen LogP contribution in [0, 0.1) is 23.2 Å². The molecule has 3 rings (SSSR count). The first-order valence-electron chi connectivity index (χ1n) is 9.98. The molecule has 0 spiro atoms. The number of hydrogen-bond donors (Lipinski definition) is 1. The Balaban J connectivity index is 1.99. The normalized spacial score (nSPS) is 21.7. The smallest absolute Gasteiger partial charge is 0.348 e. The van der Waals surface area contributed by atoms with E-state index in [1.54, 1.807) is 0 Å². The molecule has 1 N–H and O–H groups in total. The monoisotopic (exact) mass is 387 g/mol. The van der Waals surface area contributed by atoms with Gasteiger partial charge in [-0.1, -0.05) is 31.1 Å². The molecule has 2 fully saturated rings. The molecular formula is C22H29NO3S. The minimum absolute atomic E-state index is 0.0625. The summed E-state index contributed by atoms with van der Waals surface area (Å²) in [6.07, 6.45) is 8.33. The summed E-state index contributed by atoms with van der Waals surface area (Å²) in [5.41, 5.74) is 0.407. The molecule has 1 amide bonds. The van der Waals surface area contributed by atoms with Crippen LogP contribution >= 0.6 is 11.3 Å². The number of piperidine rings is 1. The summed E-state index contributed by atoms with van der Waals surface area (Å²) >= 11 is 1.19. The SMILES string of the molecule is CC(C)(C)C#Cc1cc(N2C(=O)CCCC2C2CCCCC2)c(C(=O)O)s1. The summed E-state index contributed by atoms with van der Waals surface area (Å²) in [6.45, 7) is 6.08. The van der Waals surface area contributed by atoms with Crippen molar-refractivity contribution >= 4 is 28.9 Å². The Morgan fingerprint density at radius 3 is 2.52 bits per heavy atom. The van der Waals surface area contributed by atoms with Gasteiger partial charge in [0.15, 0.2) is 0 Å². The lowest BCUT2D eigenvalue weighted by Crippen LogP contribution is -2.48. The predicted molar refractivity (Wildman–Crippen MR) is 109 cm³/mol. The number of carboxylic acid groups (broad SMARTS) is 1. The molecule has 1 aliphatic heterocycles. The maximum atomic E-state index is 12.9. The first-order valence-corrected chi connectivity index (χ1v) is 10.8. The summed E-state index contributed by atoms with van der Waals surface area (Å²) in [6, 6.07) is 1.95. The Morgan fingerprint density at radius 2 is 1.89 bits per heavy atom. The molecule has 1 saturated heterocycles. The third-order valence-electron chi connectivity index (χ3n) is 5.41. The van der Waals surface area contributed by atoms with E-state index in [-0.39, 0.29) is 22.2 Å². The molecule has 0 radical (unpaired) electrons. The quantitative estimate of drug-likeness (QED) is 0.715. The maximum absolute atomic E-state index is 12.9. The van der Waals surface area contributed by atoms with Crippen molar-refractivity contribution in [3.63, 3.8) is 0 Å². The number of carbonyl (C=O) groups is 2. The Kier molecular flexibility index (Phi) is 5.95. The average molecular weight is 388 g/mol. The van der Waals surface area contributed by atoms with Gasteiger partial charge < -0.3 is 10.0 Å². The topological polar surface area (TPSA) is 57.6 Å². The van der Waals surface area contributed by atoms with Crippen molar-refractivity contribution in [2.45, 2.75) is 78.2 Å². The van der Waals surface area contributed by atoms with Crippen molar-refractivity contribution in [2.75, 3.05) is 4.90 Å². The van der Waals surface area contributed by atoms with Crippen LogP contribution in [0.1, 0.15) is 86.7 Å². The van der Waals surface area contributed by atoms with E-state index in [0.29, 0.717) is 18.0 Å². The van der Waals surface area contributed by atoms with E-state index >= 15 is 0 Å². The van der Waals surface area contributed by atoms with Gasteiger partial charge in [-0.15, -0.1) is 11.3 Å². The highest BCUT2D eigenvalue weighted by Gasteiger charge is 2.37. The second-order valence-electron chi connectivity index (χ2n) is 8.75. The number of hydrogen-bond acceptors (Lipinski definition) is 3. The zero-order valence-corrected chi connectivity index (χ0v) is 17.3. The zero-order chi connectivity index (χ0) is 19.6. The van der Waals surface area contributed by atoms with Crippen LogP contribution in [0.25, 0.3) is 0 Å². The summed E-state index contributed by atoms with van der Waals surface area (Å²) in [4.78, 5) is 27.5. The zero-order valence-electron chi connectivity index (χ0n) is 16.5. The number of amides is 1. The number of carbonyl (C=O) groups excluding carboxylic acids is 1. The van der Waals surface area contributed by atoms with Gasteiger partial charge in [0.25, 0.3) is 0 Å². The molecule has 2 heterocycles. The Labute approximate surface area is 166 Å². The largest absolute Gasteiger partial charge is 0.477 e. The molecule has 0 bridgehead atoms. The Morgan fingerprint density at radius 1 is 1.19 bits per heavy atom. The second-order valence-corrected chi connectivity index (χ2v) is 9.80. The van der Waals surface area contributed by atoms with Crippen molar-refractivity contribution in [1.29, 1.82) is 0 Å². The van der Waals surface area contributed by atoms with Crippen LogP contribution < -0.4 is 4.90 Å². The van der Waals surface area contributed by atoms with Gasteiger partial charge in [-0.2, -0.15) is 0 Å². The molecule has 2 aliphatic rings. The Bertz CT molecular complexity index is 772. The van der Waals surface area contributed by atoms with Gasteiger partial charge in [0.2, 0.25) is 5.91 Å². The molecule has 1 unspecified atom stereocenters. The van der Waals surface area contributed by atoms with Gasteiger partial charge in [0, 0.05) is 17.9 Å². The summed E-state index contributed by atoms with van der Waals surface area (Å²) in [5, 5.41) is 9.74. The number of anilines is 1. The fourth-order valence-corrected chi connectivity index (χ4v) is 5.04. The number of aromatic carboxylic acids is 1. The van der Waals surface area contributed by atoms with Gasteiger partial charge in [0.05, 0.1) is 10.6 Å². The molecule has 1 aromatic heterocycles. The van der Waals surface area contributed by atoms with Gasteiger partial charge >= 0.3 is 5.97 Å². The van der Waals surface area contributed by atoms with E-state index in [2.05, 4.69) is 11.8 Å². The van der Waals surface area contributed by atoms with Crippen LogP contribution in [0.4, 0.5) is 5.69 Å². The van der Waals surface area contributed by atoms with E-state index in [4.69, 9.17) is 0 Å². The highest BCUT2D eigenvalue weighted by molar-refractivity contribution is 7.15. The molecule has 1 atom stereocenters. The number of carboxylic acids is 1. The molecule has 5 heteroatoms. The second kappa shape index (κ2) is 8.06. The first kappa shape index (κ1) is 19.9. The number of rotatable bonds is 3. The van der Waals surface area contributed by atoms with Gasteiger partial charge in [-0.25, -0.2) is 4.79 Å². The number of thiophene rings is 1. The van der Waals surface area contributed by atoms with E-state index in [9.17, 15) is 14.7 Å². The minimum Gasteiger partial charge on any atom is -0.477 e. The maximum Gasteiger partial charge on any atom is 0.348 e. The number of nitrogens with zero attached hydrogens (tertiary/aromatic N) is 1. The standard InChI is InChI=1S/C22H29NO3S/c1-22(2,3)13-12-16-14-18(20(27-16)21(25)26)23-17(10-7-11-19(23)24)15-8-5-4-6-9-15/h14-15,17H,4-11H2,1-3H3,(H,25,26). The van der Waals surface area contributed by atoms with E-state index in [0.717, 1.165) is 30.6 Å². The molecule has 4 nitrogen and oxygen atoms in total. The van der Waals surface area contributed by atoms with Crippen LogP contribution in [-0.4, -0.2) is 23.0 Å². The lowest BCUT2D eigenvalue weighted by molar-refractivity contribution is -0.120. The predicted octanol–water partition coefficient (Wildman–Crippen LogP) is 5.31. The van der Waals surface area contributed by atoms with Crippen molar-refractivity contribution < 1.29 is 14.7 Å². The average Bonchev–Trinajstić information content (AvgIpc) is 3.04. The van der Waals surface area contributed by atoms with Crippen LogP contribution in [0.15, 0.2) is 6.07 Å². The first-order chi connectivity index (χ1) is 12.8. The van der Waals surface area contributed by atoms with Gasteiger partial charge in [0.1, 0.15) is 4.88 Å². The van der Waals surface area contributed by atoms with E-state index < -0.39 is 5.97 Å². The lowest BCUT2D eigenvalue weighted by atomic mass is 9.79. The van der Waals surface area contributed by atoms with Crippen molar-refractivity contribution in [2.24, 2.45) is 11.3 Å². The molecule has 0 aromatic carbocycles. The highest BCUT2D eigenvalue weighted by atomic mass is 32.1. The molecular weight excluding hydrogens is 358 g/mol. The van der Waals surface area contributed by atoms with Crippen molar-refractivity contribution in [3.05, 3.63) is 15.8 Å². The van der Waals surface area contributed by atoms with Crippen molar-refractivity contribution in [3.8, 4) is 11.8 Å². The molecule has 1 aliphatic carbocycles. The third kappa shape index (κ3) is 4.73. The fraction of sp³-hybridized carbons (Fsp3) is 0.636. The van der Waals surface area contributed by atoms with Crippen LogP contribution in [-0.2, 0) is 4.79 Å². The van der Waals surface area contributed by atoms with Crippen LogP contribution in [0.5, 0.6) is 0 Å². The lowest BCUT2D eigenvalue weighted by Gasteiger charge is -2.41. The van der Waals surface area contributed by atoms with Crippen LogP contribution in [0.2, 0.25) is 0 Å². The van der Waals surface area contributed by atoms with Crippen LogP contribution in [0.3, 0.4) is 0 Å². The third-order valence-corrected chi connectivity index (χ3v) is 6.44. The summed E-state index contributed by atoms with van der Waals surface area (Å²) < 4.78 is 0. The molecule has 27 heavy (non-hydrogen) atoms. The highest BCUT2D eigenvalue weighted by Crippen LogP contribution is 2.40. The fourth-order valence-electron chi connectivity index (χ4n) is 4.20. The van der Waals surface area contributed by atoms with E-state index in [1.165, 1.54) is 30.6 Å². The summed E-state index contributed by atoms with van der Waals surface area (Å²) in [7, 11) is 0.